The minimum absolute atomic E-state index is 0.109. The van der Waals surface area contributed by atoms with E-state index in [4.69, 9.17) is 11.1 Å². The van der Waals surface area contributed by atoms with E-state index in [1.165, 1.54) is 11.4 Å². The van der Waals surface area contributed by atoms with Gasteiger partial charge in [0.15, 0.2) is 0 Å². The molecule has 1 aromatic heterocycles. The number of imidazole rings is 1. The smallest absolute Gasteiger partial charge is 0.138 e. The van der Waals surface area contributed by atoms with Crippen LogP contribution in [0.5, 0.6) is 0 Å². The molecule has 5 rings (SSSR count). The van der Waals surface area contributed by atoms with E-state index in [9.17, 15) is 0 Å². The molecule has 150 valence electrons. The Morgan fingerprint density at radius 3 is 1.93 bits per heavy atom. The number of H-pyrrole nitrogens is 1. The summed E-state index contributed by atoms with van der Waals surface area (Å²) in [5.74, 6) is 1.01. The number of nitrogens with zero attached hydrogens (tertiary/aromatic N) is 3. The summed E-state index contributed by atoms with van der Waals surface area (Å²) < 4.78 is 0. The van der Waals surface area contributed by atoms with Crippen molar-refractivity contribution < 1.29 is 0 Å². The van der Waals surface area contributed by atoms with Gasteiger partial charge in [-0.15, -0.1) is 0 Å². The van der Waals surface area contributed by atoms with Crippen molar-refractivity contribution >= 4 is 28.2 Å². The molecule has 0 radical (unpaired) electrons. The second-order valence-electron chi connectivity index (χ2n) is 7.58. The van der Waals surface area contributed by atoms with E-state index in [0.29, 0.717) is 0 Å². The van der Waals surface area contributed by atoms with Gasteiger partial charge in [-0.2, -0.15) is 0 Å². The number of para-hydroxylation sites is 2. The first kappa shape index (κ1) is 18.2. The lowest BCUT2D eigenvalue weighted by atomic mass is 10.1. The lowest BCUT2D eigenvalue weighted by Gasteiger charge is -2.37. The highest BCUT2D eigenvalue weighted by Crippen LogP contribution is 2.25. The van der Waals surface area contributed by atoms with Crippen LogP contribution in [0.2, 0.25) is 0 Å². The van der Waals surface area contributed by atoms with E-state index < -0.39 is 0 Å². The molecule has 30 heavy (non-hydrogen) atoms. The number of nitrogens with two attached hydrogens (primary N) is 1. The topological polar surface area (TPSA) is 85.0 Å². The fourth-order valence-electron chi connectivity index (χ4n) is 3.99. The third kappa shape index (κ3) is 3.48. The zero-order chi connectivity index (χ0) is 20.5. The quantitative estimate of drug-likeness (QED) is 0.361. The first-order valence-electron chi connectivity index (χ1n) is 10.2. The summed E-state index contributed by atoms with van der Waals surface area (Å²) >= 11 is 0. The molecular weight excluding hydrogens is 372 g/mol. The molecule has 0 spiro atoms. The molecule has 1 fully saturated rings. The van der Waals surface area contributed by atoms with Gasteiger partial charge in [-0.3, -0.25) is 5.41 Å². The van der Waals surface area contributed by atoms with Crippen molar-refractivity contribution in [3.05, 3.63) is 78.4 Å². The average molecular weight is 396 g/mol. The summed E-state index contributed by atoms with van der Waals surface area (Å²) in [4.78, 5) is 12.9. The summed E-state index contributed by atoms with van der Waals surface area (Å²) in [5, 5.41) is 7.52. The molecule has 3 aromatic carbocycles. The molecule has 1 aliphatic rings. The number of aromatic amines is 1. The highest BCUT2D eigenvalue weighted by atomic mass is 15.3. The van der Waals surface area contributed by atoms with Gasteiger partial charge in [0.2, 0.25) is 0 Å². The number of rotatable bonds is 4. The number of nitrogen functional groups attached to an aromatic ring is 1. The second kappa shape index (κ2) is 7.55. The Hall–Kier alpha value is -3.80. The SMILES string of the molecule is N=C(N)c1ccc(N2CCN(c3ccc(-c4nc5ccccc5[nH]4)cc3)CC2)cc1. The molecule has 0 bridgehead atoms. The number of hydrogen-bond donors (Lipinski definition) is 3. The highest BCUT2D eigenvalue weighted by Gasteiger charge is 2.18. The molecule has 6 heteroatoms. The largest absolute Gasteiger partial charge is 0.384 e. The van der Waals surface area contributed by atoms with Crippen molar-refractivity contribution in [1.82, 2.24) is 9.97 Å². The Morgan fingerprint density at radius 1 is 0.800 bits per heavy atom. The summed E-state index contributed by atoms with van der Waals surface area (Å²) in [5.41, 5.74) is 11.9. The predicted octanol–water partition coefficient (Wildman–Crippen LogP) is 3.84. The summed E-state index contributed by atoms with van der Waals surface area (Å²) in [6.45, 7) is 3.87. The minimum atomic E-state index is 0.109. The van der Waals surface area contributed by atoms with Gasteiger partial charge in [0.1, 0.15) is 11.7 Å². The third-order valence-corrected chi connectivity index (χ3v) is 5.72. The zero-order valence-corrected chi connectivity index (χ0v) is 16.7. The monoisotopic (exact) mass is 396 g/mol. The maximum atomic E-state index is 7.52. The number of nitrogens with one attached hydrogen (secondary N) is 2. The number of benzene rings is 3. The predicted molar refractivity (Wildman–Crippen MR) is 123 cm³/mol. The van der Waals surface area contributed by atoms with Crippen molar-refractivity contribution in [1.29, 1.82) is 5.41 Å². The van der Waals surface area contributed by atoms with Crippen LogP contribution < -0.4 is 15.5 Å². The molecule has 0 saturated carbocycles. The number of piperazine rings is 1. The Kier molecular flexibility index (Phi) is 4.59. The number of amidine groups is 1. The Balaban J connectivity index is 1.25. The number of fused-ring (bicyclic) bond motifs is 1. The van der Waals surface area contributed by atoms with Crippen LogP contribution in [0.25, 0.3) is 22.4 Å². The molecule has 4 aromatic rings. The van der Waals surface area contributed by atoms with E-state index in [-0.39, 0.29) is 5.84 Å². The maximum absolute atomic E-state index is 7.52. The van der Waals surface area contributed by atoms with Gasteiger partial charge < -0.3 is 20.5 Å². The lowest BCUT2D eigenvalue weighted by Crippen LogP contribution is -2.46. The third-order valence-electron chi connectivity index (χ3n) is 5.72. The van der Waals surface area contributed by atoms with Crippen molar-refractivity contribution in [2.45, 2.75) is 0 Å². The molecule has 4 N–H and O–H groups in total. The average Bonchev–Trinajstić information content (AvgIpc) is 3.24. The van der Waals surface area contributed by atoms with E-state index in [1.54, 1.807) is 0 Å². The van der Waals surface area contributed by atoms with Crippen molar-refractivity contribution in [2.24, 2.45) is 5.73 Å². The minimum Gasteiger partial charge on any atom is -0.384 e. The molecule has 6 nitrogen and oxygen atoms in total. The van der Waals surface area contributed by atoms with Gasteiger partial charge in [-0.25, -0.2) is 4.98 Å². The molecule has 1 aliphatic heterocycles. The van der Waals surface area contributed by atoms with Crippen LogP contribution in [-0.2, 0) is 0 Å². The van der Waals surface area contributed by atoms with Gasteiger partial charge in [-0.05, 0) is 60.7 Å². The van der Waals surface area contributed by atoms with Crippen LogP contribution in [0.4, 0.5) is 11.4 Å². The standard InChI is InChI=1S/C24H24N6/c25-23(26)17-5-9-19(10-6-17)29-13-15-30(16-14-29)20-11-7-18(8-12-20)24-27-21-3-1-2-4-22(21)28-24/h1-12H,13-16H2,(H3,25,26)(H,27,28). The Bertz CT molecular complexity index is 1140. The molecule has 1 saturated heterocycles. The van der Waals surface area contributed by atoms with Crippen LogP contribution in [0, 0.1) is 5.41 Å². The van der Waals surface area contributed by atoms with Crippen LogP contribution in [0.3, 0.4) is 0 Å². The number of aromatic nitrogens is 2. The molecule has 0 atom stereocenters. The van der Waals surface area contributed by atoms with Gasteiger partial charge in [0, 0.05) is 48.7 Å². The molecule has 0 unspecified atom stereocenters. The second-order valence-corrected chi connectivity index (χ2v) is 7.58. The van der Waals surface area contributed by atoms with Crippen LogP contribution in [-0.4, -0.2) is 42.0 Å². The normalized spacial score (nSPS) is 14.3. The Labute approximate surface area is 175 Å². The first-order valence-corrected chi connectivity index (χ1v) is 10.2. The lowest BCUT2D eigenvalue weighted by molar-refractivity contribution is 0.653. The van der Waals surface area contributed by atoms with E-state index in [1.807, 2.05) is 36.4 Å². The van der Waals surface area contributed by atoms with Crippen molar-refractivity contribution in [3.63, 3.8) is 0 Å². The molecule has 0 amide bonds. The molecule has 2 heterocycles. The maximum Gasteiger partial charge on any atom is 0.138 e. The van der Waals surface area contributed by atoms with E-state index in [2.05, 4.69) is 56.2 Å². The first-order chi connectivity index (χ1) is 14.7. The van der Waals surface area contributed by atoms with E-state index >= 15 is 0 Å². The Morgan fingerprint density at radius 2 is 1.37 bits per heavy atom. The van der Waals surface area contributed by atoms with Crippen molar-refractivity contribution in [3.8, 4) is 11.4 Å². The fraction of sp³-hybridized carbons (Fsp3) is 0.167. The van der Waals surface area contributed by atoms with Gasteiger partial charge >= 0.3 is 0 Å². The highest BCUT2D eigenvalue weighted by molar-refractivity contribution is 5.95. The summed E-state index contributed by atoms with van der Waals surface area (Å²) in [7, 11) is 0. The number of hydrogen-bond acceptors (Lipinski definition) is 4. The summed E-state index contributed by atoms with van der Waals surface area (Å²) in [6, 6.07) is 24.7. The molecular formula is C24H24N6. The number of anilines is 2. The van der Waals surface area contributed by atoms with Gasteiger partial charge in [0.05, 0.1) is 11.0 Å². The van der Waals surface area contributed by atoms with Crippen molar-refractivity contribution in [2.75, 3.05) is 36.0 Å². The zero-order valence-electron chi connectivity index (χ0n) is 16.7. The van der Waals surface area contributed by atoms with Gasteiger partial charge in [-0.1, -0.05) is 12.1 Å². The van der Waals surface area contributed by atoms with Crippen LogP contribution in [0.15, 0.2) is 72.8 Å². The van der Waals surface area contributed by atoms with Crippen LogP contribution >= 0.6 is 0 Å². The van der Waals surface area contributed by atoms with Crippen LogP contribution in [0.1, 0.15) is 5.56 Å². The fourth-order valence-corrected chi connectivity index (χ4v) is 3.99. The van der Waals surface area contributed by atoms with E-state index in [0.717, 1.165) is 54.2 Å². The van der Waals surface area contributed by atoms with Gasteiger partial charge in [0.25, 0.3) is 0 Å². The molecule has 0 aliphatic carbocycles. The summed E-state index contributed by atoms with van der Waals surface area (Å²) in [6.07, 6.45) is 0.